The summed E-state index contributed by atoms with van der Waals surface area (Å²) in [7, 11) is -9.26. The van der Waals surface area contributed by atoms with E-state index in [2.05, 4.69) is 20.8 Å². The van der Waals surface area contributed by atoms with Crippen LogP contribution < -0.4 is 11.2 Å². The molecule has 13 nitrogen and oxygen atoms in total. The summed E-state index contributed by atoms with van der Waals surface area (Å²) in [6, 6.07) is 4.80. The van der Waals surface area contributed by atoms with Gasteiger partial charge in [-0.2, -0.15) is 21.9 Å². The molecule has 0 aromatic heterocycles. The summed E-state index contributed by atoms with van der Waals surface area (Å²) in [5, 5.41) is 30.5. The Hall–Kier alpha value is -3.27. The molecule has 2 rings (SSSR count). The van der Waals surface area contributed by atoms with Crippen LogP contribution in [0.1, 0.15) is 6.92 Å². The van der Waals surface area contributed by atoms with Crippen molar-refractivity contribution in [3.8, 4) is 11.5 Å². The first-order valence-corrected chi connectivity index (χ1v) is 10.3. The molecule has 0 fully saturated rings. The van der Waals surface area contributed by atoms with Gasteiger partial charge in [0.2, 0.25) is 0 Å². The predicted molar refractivity (Wildman–Crippen MR) is 102 cm³/mol. The maximum Gasteiger partial charge on any atom is 0.298 e. The molecule has 0 aliphatic carbocycles. The van der Waals surface area contributed by atoms with Gasteiger partial charge < -0.3 is 15.9 Å². The predicted octanol–water partition coefficient (Wildman–Crippen LogP) is 1.70. The van der Waals surface area contributed by atoms with Crippen molar-refractivity contribution in [1.82, 2.24) is 0 Å². The van der Waals surface area contributed by atoms with E-state index in [1.54, 1.807) is 0 Å². The number of phenols is 2. The molecule has 0 aliphatic heterocycles. The molecule has 7 N–H and O–H groups in total. The zero-order valence-electron chi connectivity index (χ0n) is 14.5. The maximum atomic E-state index is 11.2. The number of hydrazone groups is 1. The zero-order chi connectivity index (χ0) is 22.0. The van der Waals surface area contributed by atoms with E-state index in [-0.39, 0.29) is 22.9 Å². The molecule has 0 saturated carbocycles. The van der Waals surface area contributed by atoms with Gasteiger partial charge in [0.05, 0.1) is 4.90 Å². The van der Waals surface area contributed by atoms with Crippen molar-refractivity contribution in [3.05, 3.63) is 30.3 Å². The largest absolute Gasteiger partial charge is 0.506 e. The number of phenolic OH excluding ortho intramolecular Hbond substituents is 2. The van der Waals surface area contributed by atoms with Crippen LogP contribution in [0.5, 0.6) is 11.5 Å². The second-order valence-corrected chi connectivity index (χ2v) is 8.30. The first kappa shape index (κ1) is 22.0. The molecule has 15 heteroatoms. The fourth-order valence-electron chi connectivity index (χ4n) is 1.94. The number of nitrogens with two attached hydrogens (primary N) is 1. The smallest absolute Gasteiger partial charge is 0.298 e. The van der Waals surface area contributed by atoms with Gasteiger partial charge in [0.25, 0.3) is 20.2 Å². The average Bonchev–Trinajstić information content (AvgIpc) is 2.59. The van der Waals surface area contributed by atoms with Crippen LogP contribution in [0.3, 0.4) is 0 Å². The molecule has 0 heterocycles. The van der Waals surface area contributed by atoms with Crippen molar-refractivity contribution in [2.24, 2.45) is 15.3 Å². The highest BCUT2D eigenvalue weighted by Gasteiger charge is 2.19. The summed E-state index contributed by atoms with van der Waals surface area (Å²) in [4.78, 5) is -1.35. The number of nitrogens with one attached hydrogen (secondary N) is 1. The first-order valence-electron chi connectivity index (χ1n) is 7.41. The first-order chi connectivity index (χ1) is 13.3. The van der Waals surface area contributed by atoms with E-state index in [9.17, 15) is 27.0 Å². The molecule has 0 amide bonds. The molecule has 0 spiro atoms. The van der Waals surface area contributed by atoms with E-state index in [0.29, 0.717) is 0 Å². The van der Waals surface area contributed by atoms with Gasteiger partial charge in [-0.15, -0.1) is 10.2 Å². The molecule has 2 aromatic carbocycles. The normalized spacial score (nSPS) is 13.0. The van der Waals surface area contributed by atoms with Crippen molar-refractivity contribution < 1.29 is 36.2 Å². The molecule has 0 saturated heterocycles. The Morgan fingerprint density at radius 1 is 1.03 bits per heavy atom. The number of nitrogens with zero attached hydrogens (tertiary/aromatic N) is 3. The molecule has 0 aliphatic rings. The van der Waals surface area contributed by atoms with Crippen molar-refractivity contribution in [3.63, 3.8) is 0 Å². The molecule has 0 atom stereocenters. The van der Waals surface area contributed by atoms with Gasteiger partial charge in [0, 0.05) is 5.69 Å². The van der Waals surface area contributed by atoms with Gasteiger partial charge in [-0.1, -0.05) is 0 Å². The van der Waals surface area contributed by atoms with Gasteiger partial charge in [0.1, 0.15) is 22.0 Å². The Morgan fingerprint density at radius 3 is 2.28 bits per heavy atom. The average molecular weight is 445 g/mol. The second-order valence-electron chi connectivity index (χ2n) is 5.49. The Bertz CT molecular complexity index is 1220. The van der Waals surface area contributed by atoms with Crippen molar-refractivity contribution in [1.29, 1.82) is 0 Å². The summed E-state index contributed by atoms with van der Waals surface area (Å²) < 4.78 is 62.8. The van der Waals surface area contributed by atoms with Crippen LogP contribution in [-0.2, 0) is 20.2 Å². The van der Waals surface area contributed by atoms with Gasteiger partial charge in [-0.25, -0.2) is 0 Å². The summed E-state index contributed by atoms with van der Waals surface area (Å²) in [6.07, 6.45) is 0. The van der Waals surface area contributed by atoms with Gasteiger partial charge in [-0.05, 0) is 37.3 Å². The highest BCUT2D eigenvalue weighted by Crippen LogP contribution is 2.34. The van der Waals surface area contributed by atoms with E-state index < -0.39 is 41.5 Å². The minimum Gasteiger partial charge on any atom is -0.506 e. The van der Waals surface area contributed by atoms with E-state index in [4.69, 9.17) is 14.8 Å². The molecule has 29 heavy (non-hydrogen) atoms. The number of hydrogen-bond donors (Lipinski definition) is 6. The van der Waals surface area contributed by atoms with Crippen LogP contribution in [-0.4, -0.2) is 42.0 Å². The van der Waals surface area contributed by atoms with Crippen molar-refractivity contribution >= 4 is 43.1 Å². The topological polar surface area (TPSA) is 224 Å². The summed E-state index contributed by atoms with van der Waals surface area (Å²) in [6.45, 7) is 1.33. The van der Waals surface area contributed by atoms with Crippen LogP contribution in [0.15, 0.2) is 55.5 Å². The Labute approximate surface area is 164 Å². The lowest BCUT2D eigenvalue weighted by Gasteiger charge is -2.09. The lowest BCUT2D eigenvalue weighted by molar-refractivity contribution is 0.445. The number of aromatic hydroxyl groups is 2. The molecular formula is C14H15N5O8S2. The molecule has 0 radical (unpaired) electrons. The quantitative estimate of drug-likeness (QED) is 0.0570. The summed E-state index contributed by atoms with van der Waals surface area (Å²) in [5.41, 5.74) is 7.16. The third-order valence-electron chi connectivity index (χ3n) is 3.26. The maximum absolute atomic E-state index is 11.2. The lowest BCUT2D eigenvalue weighted by Crippen LogP contribution is -2.03. The lowest BCUT2D eigenvalue weighted by atomic mass is 10.2. The minimum atomic E-state index is -4.74. The summed E-state index contributed by atoms with van der Waals surface area (Å²) >= 11 is 0. The standard InChI is InChI=1S/C14H15N5O8S2/c1-7(16-18-10-6-9(28(22,23)24)2-3-12(10)20)17-19-11-4-8(15)5-13(14(11)21)29(25,26)27/h2-6,19-21H,15H2,1H3,(H,22,23,24)(H,25,26,27). The van der Waals surface area contributed by atoms with E-state index in [1.165, 1.54) is 6.92 Å². The van der Waals surface area contributed by atoms with Crippen LogP contribution in [0.25, 0.3) is 0 Å². The van der Waals surface area contributed by atoms with Crippen LogP contribution in [0.4, 0.5) is 17.1 Å². The highest BCUT2D eigenvalue weighted by atomic mass is 32.2. The third kappa shape index (κ3) is 5.61. The Morgan fingerprint density at radius 2 is 1.69 bits per heavy atom. The van der Waals surface area contributed by atoms with Gasteiger partial charge >= 0.3 is 0 Å². The highest BCUT2D eigenvalue weighted by molar-refractivity contribution is 7.86. The van der Waals surface area contributed by atoms with E-state index >= 15 is 0 Å². The van der Waals surface area contributed by atoms with E-state index in [1.807, 2.05) is 0 Å². The van der Waals surface area contributed by atoms with Gasteiger partial charge in [-0.3, -0.25) is 14.5 Å². The fraction of sp³-hybridized carbons (Fsp3) is 0.0714. The third-order valence-corrected chi connectivity index (χ3v) is 4.98. The second kappa shape index (κ2) is 8.00. The monoisotopic (exact) mass is 445 g/mol. The Kier molecular flexibility index (Phi) is 6.07. The van der Waals surface area contributed by atoms with Crippen LogP contribution in [0, 0.1) is 0 Å². The number of nitrogen functional groups attached to an aromatic ring is 1. The molecular weight excluding hydrogens is 430 g/mol. The number of benzene rings is 2. The van der Waals surface area contributed by atoms with Gasteiger partial charge in [0.15, 0.2) is 11.6 Å². The zero-order valence-corrected chi connectivity index (χ0v) is 16.2. The minimum absolute atomic E-state index is 0.0978. The van der Waals surface area contributed by atoms with E-state index in [0.717, 1.165) is 30.3 Å². The van der Waals surface area contributed by atoms with Crippen LogP contribution >= 0.6 is 0 Å². The Balaban J connectivity index is 2.30. The fourth-order valence-corrected chi connectivity index (χ4v) is 3.08. The summed E-state index contributed by atoms with van der Waals surface area (Å²) in [5.74, 6) is -1.36. The number of rotatable bonds is 5. The van der Waals surface area contributed by atoms with Crippen LogP contribution in [0.2, 0.25) is 0 Å². The van der Waals surface area contributed by atoms with Crippen molar-refractivity contribution in [2.45, 2.75) is 16.7 Å². The molecule has 0 bridgehead atoms. The number of hydrogen-bond acceptors (Lipinski definition) is 10. The van der Waals surface area contributed by atoms with Crippen molar-refractivity contribution in [2.75, 3.05) is 11.2 Å². The SMILES string of the molecule is CC(N=Nc1cc(S(=O)(=O)O)ccc1O)=NNc1cc(N)cc(S(=O)(=O)O)c1O. The number of amidine groups is 1. The number of anilines is 2. The number of azo groups is 1. The molecule has 0 unspecified atom stereocenters. The molecule has 2 aromatic rings. The molecule has 156 valence electrons.